The Morgan fingerprint density at radius 2 is 2.00 bits per heavy atom. The van der Waals surface area contributed by atoms with Gasteiger partial charge in [-0.1, -0.05) is 0 Å². The number of hydrogen-bond donors (Lipinski definition) is 1. The van der Waals surface area contributed by atoms with E-state index in [0.717, 1.165) is 10.2 Å². The smallest absolute Gasteiger partial charge is 0.271 e. The number of rotatable bonds is 2. The van der Waals surface area contributed by atoms with Gasteiger partial charge in [0.15, 0.2) is 0 Å². The van der Waals surface area contributed by atoms with Gasteiger partial charge >= 0.3 is 0 Å². The molecule has 0 radical (unpaired) electrons. The topological polar surface area (TPSA) is 55.2 Å². The third-order valence-corrected chi connectivity index (χ3v) is 2.36. The number of hydrogen-bond acceptors (Lipinski definition) is 3. The molecule has 1 N–H and O–H groups in total. The van der Waals surface area contributed by atoms with Gasteiger partial charge in [-0.2, -0.15) is 0 Å². The number of halogens is 1. The highest BCUT2D eigenvalue weighted by Crippen LogP contribution is 2.29. The molecule has 0 atom stereocenters. The fraction of sp³-hybridized carbons (Fsp3) is 0.400. The van der Waals surface area contributed by atoms with E-state index in [4.69, 9.17) is 0 Å². The Labute approximate surface area is 97.0 Å². The van der Waals surface area contributed by atoms with Crippen molar-refractivity contribution in [3.8, 4) is 0 Å². The molecule has 1 aromatic rings. The lowest BCUT2D eigenvalue weighted by molar-refractivity contribution is -0.384. The van der Waals surface area contributed by atoms with E-state index in [1.165, 1.54) is 12.1 Å². The van der Waals surface area contributed by atoms with Crippen molar-refractivity contribution in [1.29, 1.82) is 0 Å². The zero-order valence-corrected chi connectivity index (χ0v) is 10.5. The monoisotopic (exact) mass is 272 g/mol. The van der Waals surface area contributed by atoms with Gasteiger partial charge in [-0.05, 0) is 42.8 Å². The zero-order chi connectivity index (χ0) is 11.6. The second-order valence-electron chi connectivity index (χ2n) is 4.30. The number of non-ortho nitro benzene ring substituents is 1. The molecule has 4 nitrogen and oxygen atoms in total. The summed E-state index contributed by atoms with van der Waals surface area (Å²) >= 11 is 3.35. The molecular weight excluding hydrogens is 260 g/mol. The van der Waals surface area contributed by atoms with Gasteiger partial charge in [0, 0.05) is 22.1 Å². The second-order valence-corrected chi connectivity index (χ2v) is 5.15. The molecule has 5 heteroatoms. The number of nitro benzene ring substituents is 1. The summed E-state index contributed by atoms with van der Waals surface area (Å²) in [5.41, 5.74) is 0.694. The SMILES string of the molecule is CC(C)(C)Nc1cc([N+](=O)[O-])ccc1Br. The van der Waals surface area contributed by atoms with Gasteiger partial charge in [-0.3, -0.25) is 10.1 Å². The highest BCUT2D eigenvalue weighted by molar-refractivity contribution is 9.10. The first kappa shape index (κ1) is 12.0. The summed E-state index contributed by atoms with van der Waals surface area (Å²) in [7, 11) is 0. The lowest BCUT2D eigenvalue weighted by Crippen LogP contribution is -2.26. The molecule has 15 heavy (non-hydrogen) atoms. The van der Waals surface area contributed by atoms with Crippen LogP contribution in [0.3, 0.4) is 0 Å². The Bertz CT molecular complexity index is 385. The largest absolute Gasteiger partial charge is 0.379 e. The highest BCUT2D eigenvalue weighted by Gasteiger charge is 2.14. The van der Waals surface area contributed by atoms with Crippen LogP contribution in [0, 0.1) is 10.1 Å². The fourth-order valence-corrected chi connectivity index (χ4v) is 1.47. The Balaban J connectivity index is 3.06. The summed E-state index contributed by atoms with van der Waals surface area (Å²) < 4.78 is 0.822. The van der Waals surface area contributed by atoms with Crippen LogP contribution < -0.4 is 5.32 Å². The van der Waals surface area contributed by atoms with Gasteiger partial charge in [0.2, 0.25) is 0 Å². The van der Waals surface area contributed by atoms with Crippen molar-refractivity contribution in [2.24, 2.45) is 0 Å². The molecule has 1 rings (SSSR count). The minimum absolute atomic E-state index is 0.0879. The minimum atomic E-state index is -0.403. The molecule has 0 aromatic heterocycles. The predicted molar refractivity (Wildman–Crippen MR) is 64.2 cm³/mol. The highest BCUT2D eigenvalue weighted by atomic mass is 79.9. The van der Waals surface area contributed by atoms with Crippen molar-refractivity contribution in [3.05, 3.63) is 32.8 Å². The van der Waals surface area contributed by atoms with Crippen molar-refractivity contribution in [2.45, 2.75) is 26.3 Å². The van der Waals surface area contributed by atoms with E-state index in [2.05, 4.69) is 21.2 Å². The molecule has 0 spiro atoms. The first-order chi connectivity index (χ1) is 6.79. The minimum Gasteiger partial charge on any atom is -0.379 e. The van der Waals surface area contributed by atoms with Crippen LogP contribution in [0.15, 0.2) is 22.7 Å². The van der Waals surface area contributed by atoms with Gasteiger partial charge in [-0.15, -0.1) is 0 Å². The summed E-state index contributed by atoms with van der Waals surface area (Å²) in [6, 6.07) is 4.67. The first-order valence-electron chi connectivity index (χ1n) is 4.52. The average molecular weight is 273 g/mol. The number of anilines is 1. The summed E-state index contributed by atoms with van der Waals surface area (Å²) in [5, 5.41) is 13.8. The number of nitrogens with zero attached hydrogens (tertiary/aromatic N) is 1. The Kier molecular flexibility index (Phi) is 3.34. The van der Waals surface area contributed by atoms with Gasteiger partial charge in [0.05, 0.1) is 10.6 Å². The molecule has 0 aliphatic heterocycles. The van der Waals surface area contributed by atoms with E-state index in [1.54, 1.807) is 6.07 Å². The molecule has 0 aliphatic carbocycles. The molecule has 0 amide bonds. The van der Waals surface area contributed by atoms with Crippen molar-refractivity contribution in [1.82, 2.24) is 0 Å². The maximum Gasteiger partial charge on any atom is 0.271 e. The van der Waals surface area contributed by atoms with Crippen LogP contribution in [0.1, 0.15) is 20.8 Å². The van der Waals surface area contributed by atoms with Crippen molar-refractivity contribution >= 4 is 27.3 Å². The molecule has 0 aliphatic rings. The quantitative estimate of drug-likeness (QED) is 0.662. The molecule has 0 saturated carbocycles. The van der Waals surface area contributed by atoms with E-state index >= 15 is 0 Å². The van der Waals surface area contributed by atoms with Gasteiger partial charge in [0.1, 0.15) is 0 Å². The van der Waals surface area contributed by atoms with Crippen LogP contribution in [0.5, 0.6) is 0 Å². The van der Waals surface area contributed by atoms with E-state index < -0.39 is 4.92 Å². The fourth-order valence-electron chi connectivity index (χ4n) is 1.13. The number of nitrogens with one attached hydrogen (secondary N) is 1. The molecular formula is C10H13BrN2O2. The van der Waals surface area contributed by atoms with Crippen LogP contribution in [-0.4, -0.2) is 10.5 Å². The summed E-state index contributed by atoms with van der Waals surface area (Å²) in [5.74, 6) is 0. The zero-order valence-electron chi connectivity index (χ0n) is 8.87. The Morgan fingerprint density at radius 3 is 2.47 bits per heavy atom. The molecule has 0 unspecified atom stereocenters. The maximum absolute atomic E-state index is 10.6. The van der Waals surface area contributed by atoms with Crippen molar-refractivity contribution in [3.63, 3.8) is 0 Å². The predicted octanol–water partition coefficient (Wildman–Crippen LogP) is 3.57. The van der Waals surface area contributed by atoms with Gasteiger partial charge < -0.3 is 5.32 Å². The Morgan fingerprint density at radius 1 is 1.40 bits per heavy atom. The summed E-state index contributed by atoms with van der Waals surface area (Å²) in [4.78, 5) is 10.2. The van der Waals surface area contributed by atoms with Crippen LogP contribution in [-0.2, 0) is 0 Å². The lowest BCUT2D eigenvalue weighted by Gasteiger charge is -2.22. The molecule has 82 valence electrons. The molecule has 0 fully saturated rings. The molecule has 0 heterocycles. The maximum atomic E-state index is 10.6. The van der Waals surface area contributed by atoms with Crippen molar-refractivity contribution in [2.75, 3.05) is 5.32 Å². The van der Waals surface area contributed by atoms with Crippen molar-refractivity contribution < 1.29 is 4.92 Å². The standard InChI is InChI=1S/C10H13BrN2O2/c1-10(2,3)12-9-6-7(13(14)15)4-5-8(9)11/h4-6,12H,1-3H3. The van der Waals surface area contributed by atoms with E-state index in [0.29, 0.717) is 0 Å². The molecule has 0 bridgehead atoms. The third-order valence-electron chi connectivity index (χ3n) is 1.67. The van der Waals surface area contributed by atoms with Crippen LogP contribution >= 0.6 is 15.9 Å². The average Bonchev–Trinajstić information content (AvgIpc) is 2.06. The summed E-state index contributed by atoms with van der Waals surface area (Å²) in [6.07, 6.45) is 0. The van der Waals surface area contributed by atoms with Crippen LogP contribution in [0.4, 0.5) is 11.4 Å². The van der Waals surface area contributed by atoms with E-state index in [-0.39, 0.29) is 11.2 Å². The normalized spacial score (nSPS) is 11.2. The Hall–Kier alpha value is -1.10. The van der Waals surface area contributed by atoms with Crippen LogP contribution in [0.2, 0.25) is 0 Å². The van der Waals surface area contributed by atoms with Gasteiger partial charge in [-0.25, -0.2) is 0 Å². The van der Waals surface area contributed by atoms with E-state index in [1.807, 2.05) is 20.8 Å². The third kappa shape index (κ3) is 3.51. The molecule has 1 aromatic carbocycles. The number of nitro groups is 1. The van der Waals surface area contributed by atoms with Gasteiger partial charge in [0.25, 0.3) is 5.69 Å². The van der Waals surface area contributed by atoms with Crippen LogP contribution in [0.25, 0.3) is 0 Å². The molecule has 0 saturated heterocycles. The van der Waals surface area contributed by atoms with E-state index in [9.17, 15) is 10.1 Å². The summed E-state index contributed by atoms with van der Waals surface area (Å²) in [6.45, 7) is 5.99. The second kappa shape index (κ2) is 4.18. The lowest BCUT2D eigenvalue weighted by atomic mass is 10.1. The number of benzene rings is 1. The first-order valence-corrected chi connectivity index (χ1v) is 5.31.